The van der Waals surface area contributed by atoms with Gasteiger partial charge in [-0.1, -0.05) is 19.6 Å². The Kier molecular flexibility index (Phi) is 12.5. The quantitative estimate of drug-likeness (QED) is 0.293. The van der Waals surface area contributed by atoms with Crippen molar-refractivity contribution in [2.75, 3.05) is 23.8 Å². The predicted octanol–water partition coefficient (Wildman–Crippen LogP) is 2.38. The molecule has 0 saturated carbocycles. The molecule has 3 atom stereocenters. The maximum absolute atomic E-state index is 11.7. The van der Waals surface area contributed by atoms with E-state index in [1.807, 2.05) is 0 Å². The van der Waals surface area contributed by atoms with Gasteiger partial charge in [-0.2, -0.15) is 12.6 Å². The van der Waals surface area contributed by atoms with Gasteiger partial charge in [0.2, 0.25) is 5.91 Å². The van der Waals surface area contributed by atoms with Crippen molar-refractivity contribution in [3.63, 3.8) is 0 Å². The molecule has 1 fully saturated rings. The summed E-state index contributed by atoms with van der Waals surface area (Å²) in [6, 6.07) is -0.621. The molecule has 5 nitrogen and oxygen atoms in total. The summed E-state index contributed by atoms with van der Waals surface area (Å²) >= 11 is 4.03. The summed E-state index contributed by atoms with van der Waals surface area (Å²) in [4.78, 5) is 24.0. The molecule has 0 aromatic carbocycles. The maximum atomic E-state index is 11.7. The largest absolute Gasteiger partial charge is 0.605 e. The highest BCUT2D eigenvalue weighted by molar-refractivity contribution is 8.72. The number of amides is 1. The third kappa shape index (κ3) is 8.74. The first-order valence-corrected chi connectivity index (χ1v) is 10.7. The second-order valence-electron chi connectivity index (χ2n) is 4.94. The van der Waals surface area contributed by atoms with Crippen LogP contribution in [0, 0.1) is 5.92 Å². The lowest BCUT2D eigenvalue weighted by molar-refractivity contribution is -0.149. The van der Waals surface area contributed by atoms with Gasteiger partial charge in [0.05, 0.1) is 16.5 Å². The van der Waals surface area contributed by atoms with Gasteiger partial charge >= 0.3 is 5.97 Å². The first kappa shape index (κ1) is 22.4. The number of carboxylic acids is 1. The van der Waals surface area contributed by atoms with Crippen molar-refractivity contribution in [3.05, 3.63) is 25.3 Å². The predicted molar refractivity (Wildman–Crippen MR) is 101 cm³/mol. The molecular weight excluding hydrogens is 354 g/mol. The Morgan fingerprint density at radius 3 is 2.65 bits per heavy atom. The Labute approximate surface area is 150 Å². The van der Waals surface area contributed by atoms with Gasteiger partial charge in [-0.3, -0.25) is 4.79 Å². The van der Waals surface area contributed by atoms with Gasteiger partial charge in [-0.25, -0.2) is 4.79 Å². The van der Waals surface area contributed by atoms with Crippen LogP contribution in [0.25, 0.3) is 0 Å². The van der Waals surface area contributed by atoms with E-state index in [1.165, 1.54) is 15.7 Å². The Bertz CT molecular complexity index is 406. The van der Waals surface area contributed by atoms with Crippen LogP contribution in [-0.4, -0.2) is 56.3 Å². The Balaban J connectivity index is 0.000000468. The van der Waals surface area contributed by atoms with Crippen LogP contribution in [0.15, 0.2) is 25.3 Å². The Morgan fingerprint density at radius 2 is 2.17 bits per heavy atom. The highest BCUT2D eigenvalue weighted by atomic mass is 33.1. The summed E-state index contributed by atoms with van der Waals surface area (Å²) in [6.07, 6.45) is 4.75. The molecule has 0 aliphatic carbocycles. The van der Waals surface area contributed by atoms with Gasteiger partial charge in [0.15, 0.2) is 0 Å². The third-order valence-corrected chi connectivity index (χ3v) is 6.38. The molecule has 0 aromatic rings. The monoisotopic (exact) mass is 379 g/mol. The smallest absolute Gasteiger partial charge is 0.326 e. The molecule has 1 amide bonds. The Morgan fingerprint density at radius 1 is 1.52 bits per heavy atom. The topological polar surface area (TPSA) is 80.7 Å². The van der Waals surface area contributed by atoms with Crippen LogP contribution in [-0.2, 0) is 19.8 Å². The van der Waals surface area contributed by atoms with E-state index in [9.17, 15) is 14.1 Å². The lowest BCUT2D eigenvalue weighted by Crippen LogP contribution is -2.43. The molecule has 1 unspecified atom stereocenters. The molecule has 8 heteroatoms. The first-order chi connectivity index (χ1) is 10.9. The minimum absolute atomic E-state index is 0.0927. The molecule has 132 valence electrons. The van der Waals surface area contributed by atoms with E-state index in [1.54, 1.807) is 19.1 Å². The average Bonchev–Trinajstić information content (AvgIpc) is 3.02. The van der Waals surface area contributed by atoms with E-state index >= 15 is 0 Å². The van der Waals surface area contributed by atoms with Gasteiger partial charge in [0.1, 0.15) is 11.8 Å². The fourth-order valence-electron chi connectivity index (χ4n) is 1.92. The summed E-state index contributed by atoms with van der Waals surface area (Å²) in [5.74, 6) is 0.589. The molecule has 1 aliphatic rings. The van der Waals surface area contributed by atoms with Crippen LogP contribution in [0.2, 0.25) is 0 Å². The number of carboxylic acid groups (broad SMARTS) is 1. The minimum atomic E-state index is -0.901. The summed E-state index contributed by atoms with van der Waals surface area (Å²) in [7, 11) is 0.591. The second-order valence-corrected chi connectivity index (χ2v) is 8.64. The van der Waals surface area contributed by atoms with Crippen molar-refractivity contribution in [1.29, 1.82) is 0 Å². The molecule has 0 bridgehead atoms. The maximum Gasteiger partial charge on any atom is 0.326 e. The number of carbonyl (C=O) groups excluding carboxylic acids is 1. The SMILES string of the molecule is C=CCS[S+]([O-])CC=C.C[C@H](CS)C(=O)N1CCC[C@H]1C(=O)O. The summed E-state index contributed by atoms with van der Waals surface area (Å²) in [5.41, 5.74) is 0. The van der Waals surface area contributed by atoms with E-state index in [0.717, 1.165) is 12.2 Å². The summed E-state index contributed by atoms with van der Waals surface area (Å²) < 4.78 is 10.8. The van der Waals surface area contributed by atoms with Crippen LogP contribution in [0.5, 0.6) is 0 Å². The lowest BCUT2D eigenvalue weighted by atomic mass is 10.1. The molecule has 0 spiro atoms. The lowest BCUT2D eigenvalue weighted by Gasteiger charge is -2.24. The number of carbonyl (C=O) groups is 2. The van der Waals surface area contributed by atoms with E-state index in [0.29, 0.717) is 24.5 Å². The van der Waals surface area contributed by atoms with Crippen molar-refractivity contribution in [3.8, 4) is 0 Å². The van der Waals surface area contributed by atoms with E-state index in [-0.39, 0.29) is 11.8 Å². The molecule has 0 aromatic heterocycles. The van der Waals surface area contributed by atoms with Gasteiger partial charge < -0.3 is 14.6 Å². The number of likely N-dealkylation sites (tertiary alicyclic amines) is 1. The minimum Gasteiger partial charge on any atom is -0.605 e. The van der Waals surface area contributed by atoms with Gasteiger partial charge in [0.25, 0.3) is 0 Å². The molecule has 1 rings (SSSR count). The average molecular weight is 380 g/mol. The van der Waals surface area contributed by atoms with Crippen LogP contribution in [0.1, 0.15) is 19.8 Å². The molecule has 1 N–H and O–H groups in total. The van der Waals surface area contributed by atoms with Crippen molar-refractivity contribution in [2.24, 2.45) is 5.92 Å². The van der Waals surface area contributed by atoms with Gasteiger partial charge in [-0.15, -0.1) is 6.58 Å². The van der Waals surface area contributed by atoms with Crippen molar-refractivity contribution in [1.82, 2.24) is 4.90 Å². The fraction of sp³-hybridized carbons (Fsp3) is 0.600. The number of aliphatic carboxylic acids is 1. The van der Waals surface area contributed by atoms with Crippen molar-refractivity contribution in [2.45, 2.75) is 25.8 Å². The molecular formula is C15H25NO4S3. The number of thiol groups is 1. The van der Waals surface area contributed by atoms with Crippen LogP contribution < -0.4 is 0 Å². The number of hydrogen-bond donors (Lipinski definition) is 2. The van der Waals surface area contributed by atoms with E-state index < -0.39 is 22.2 Å². The first-order valence-electron chi connectivity index (χ1n) is 7.26. The Hall–Kier alpha value is -0.570. The van der Waals surface area contributed by atoms with Crippen LogP contribution in [0.3, 0.4) is 0 Å². The van der Waals surface area contributed by atoms with Gasteiger partial charge in [0, 0.05) is 28.4 Å². The second kappa shape index (κ2) is 12.8. The normalized spacial score (nSPS) is 19.3. The number of rotatable bonds is 8. The fourth-order valence-corrected chi connectivity index (χ4v) is 3.93. The zero-order chi connectivity index (χ0) is 17.8. The van der Waals surface area contributed by atoms with E-state index in [4.69, 9.17) is 5.11 Å². The third-order valence-electron chi connectivity index (χ3n) is 3.09. The molecule has 1 heterocycles. The van der Waals surface area contributed by atoms with E-state index in [2.05, 4.69) is 25.8 Å². The summed E-state index contributed by atoms with van der Waals surface area (Å²) in [6.45, 7) is 9.32. The van der Waals surface area contributed by atoms with Gasteiger partial charge in [-0.05, 0) is 18.9 Å². The number of hydrogen-bond acceptors (Lipinski definition) is 5. The van der Waals surface area contributed by atoms with Crippen LogP contribution in [0.4, 0.5) is 0 Å². The highest BCUT2D eigenvalue weighted by Crippen LogP contribution is 2.20. The zero-order valence-corrected chi connectivity index (χ0v) is 15.9. The van der Waals surface area contributed by atoms with Crippen molar-refractivity contribution < 1.29 is 19.2 Å². The standard InChI is InChI=1S/C9H15NO3S.C6H10OS2/c1-6(5-14)8(11)10-4-2-3-7(10)9(12)13;1-3-5-8-9(7)6-4-2/h6-7,14H,2-5H2,1H3,(H,12,13);3-4H,1-2,5-6H2/t6-,7+;/m1./s1. The number of nitrogens with zero attached hydrogens (tertiary/aromatic N) is 1. The molecule has 1 aliphatic heterocycles. The zero-order valence-electron chi connectivity index (χ0n) is 13.3. The summed E-state index contributed by atoms with van der Waals surface area (Å²) in [5, 5.41) is 8.87. The van der Waals surface area contributed by atoms with Crippen LogP contribution >= 0.6 is 23.4 Å². The molecule has 1 saturated heterocycles. The molecule has 0 radical (unpaired) electrons. The van der Waals surface area contributed by atoms with Crippen molar-refractivity contribution >= 4 is 45.5 Å². The highest BCUT2D eigenvalue weighted by Gasteiger charge is 2.35. The molecule has 23 heavy (non-hydrogen) atoms.